The number of amides is 2. The van der Waals surface area contributed by atoms with Crippen molar-refractivity contribution >= 4 is 12.0 Å². The van der Waals surface area contributed by atoms with E-state index in [0.717, 1.165) is 11.1 Å². The maximum Gasteiger partial charge on any atom is 0.407 e. The molecule has 0 aromatic heterocycles. The average molecular weight is 455 g/mol. The van der Waals surface area contributed by atoms with E-state index in [-0.39, 0.29) is 18.2 Å². The monoisotopic (exact) mass is 454 g/mol. The Balaban J connectivity index is 2.09. The quantitative estimate of drug-likeness (QED) is 0.495. The molecule has 0 aliphatic rings. The minimum absolute atomic E-state index is 0.0225. The second kappa shape index (κ2) is 12.4. The number of carbonyl (C=O) groups excluding carboxylic acids is 2. The van der Waals surface area contributed by atoms with Gasteiger partial charge in [0.1, 0.15) is 5.60 Å². The first-order chi connectivity index (χ1) is 15.5. The number of benzene rings is 2. The Hall–Kier alpha value is -2.86. The van der Waals surface area contributed by atoms with Crippen LogP contribution >= 0.6 is 0 Å². The van der Waals surface area contributed by atoms with Gasteiger partial charge in [-0.25, -0.2) is 4.79 Å². The predicted octanol–water partition coefficient (Wildman–Crippen LogP) is 4.46. The van der Waals surface area contributed by atoms with Crippen molar-refractivity contribution < 1.29 is 19.4 Å². The van der Waals surface area contributed by atoms with Crippen molar-refractivity contribution in [1.82, 2.24) is 10.6 Å². The SMILES string of the molecule is CC(C)[C@H](C[C@H](O)[C@H](Cc1ccccc1)NC(=O)OC(C)(C)C)C(=O)NCc1ccccc1. The van der Waals surface area contributed by atoms with E-state index in [9.17, 15) is 14.7 Å². The molecule has 180 valence electrons. The van der Waals surface area contributed by atoms with Gasteiger partial charge in [0.15, 0.2) is 0 Å². The van der Waals surface area contributed by atoms with Crippen LogP contribution in [0.3, 0.4) is 0 Å². The van der Waals surface area contributed by atoms with Crippen molar-refractivity contribution in [2.24, 2.45) is 11.8 Å². The fraction of sp³-hybridized carbons (Fsp3) is 0.481. The molecular formula is C27H38N2O4. The molecule has 2 rings (SSSR count). The van der Waals surface area contributed by atoms with E-state index >= 15 is 0 Å². The minimum atomic E-state index is -0.924. The van der Waals surface area contributed by atoms with Gasteiger partial charge in [-0.3, -0.25) is 4.79 Å². The number of ether oxygens (including phenoxy) is 1. The van der Waals surface area contributed by atoms with Gasteiger partial charge in [-0.1, -0.05) is 74.5 Å². The van der Waals surface area contributed by atoms with Crippen molar-refractivity contribution in [3.63, 3.8) is 0 Å². The van der Waals surface area contributed by atoms with Crippen LogP contribution in [0.2, 0.25) is 0 Å². The van der Waals surface area contributed by atoms with Gasteiger partial charge in [-0.15, -0.1) is 0 Å². The first-order valence-corrected chi connectivity index (χ1v) is 11.6. The molecule has 3 atom stereocenters. The van der Waals surface area contributed by atoms with E-state index in [1.165, 1.54) is 0 Å². The highest BCUT2D eigenvalue weighted by Crippen LogP contribution is 2.21. The topological polar surface area (TPSA) is 87.7 Å². The zero-order chi connectivity index (χ0) is 24.4. The summed E-state index contributed by atoms with van der Waals surface area (Å²) >= 11 is 0. The van der Waals surface area contributed by atoms with Crippen LogP contribution < -0.4 is 10.6 Å². The second-order valence-electron chi connectivity index (χ2n) is 9.80. The van der Waals surface area contributed by atoms with E-state index in [4.69, 9.17) is 4.74 Å². The molecule has 2 aromatic carbocycles. The molecule has 0 fully saturated rings. The van der Waals surface area contributed by atoms with Crippen molar-refractivity contribution in [3.8, 4) is 0 Å². The van der Waals surface area contributed by atoms with Crippen molar-refractivity contribution in [1.29, 1.82) is 0 Å². The number of hydrogen-bond acceptors (Lipinski definition) is 4. The van der Waals surface area contributed by atoms with Gasteiger partial charge in [0.05, 0.1) is 12.1 Å². The summed E-state index contributed by atoms with van der Waals surface area (Å²) in [5.74, 6) is -0.486. The number of alkyl carbamates (subject to hydrolysis) is 1. The van der Waals surface area contributed by atoms with Gasteiger partial charge < -0.3 is 20.5 Å². The van der Waals surface area contributed by atoms with Crippen LogP contribution in [0.15, 0.2) is 60.7 Å². The molecule has 0 aliphatic carbocycles. The number of carbonyl (C=O) groups is 2. The zero-order valence-corrected chi connectivity index (χ0v) is 20.4. The molecule has 0 saturated heterocycles. The first kappa shape index (κ1) is 26.4. The first-order valence-electron chi connectivity index (χ1n) is 11.6. The standard InChI is InChI=1S/C27H38N2O4/c1-19(2)22(25(31)28-18-21-14-10-7-11-15-21)17-24(30)23(16-20-12-8-6-9-13-20)29-26(32)33-27(3,4)5/h6-15,19,22-24,30H,16-18H2,1-5H3,(H,28,31)(H,29,32)/t22-,23-,24-/m0/s1. The summed E-state index contributed by atoms with van der Waals surface area (Å²) in [5, 5.41) is 16.9. The molecule has 0 spiro atoms. The summed E-state index contributed by atoms with van der Waals surface area (Å²) in [7, 11) is 0. The normalized spacial score (nSPS) is 14.3. The Bertz CT molecular complexity index is 863. The lowest BCUT2D eigenvalue weighted by Gasteiger charge is -2.30. The maximum atomic E-state index is 13.0. The van der Waals surface area contributed by atoms with Crippen LogP contribution in [0.5, 0.6) is 0 Å². The zero-order valence-electron chi connectivity index (χ0n) is 20.4. The molecule has 6 heteroatoms. The fourth-order valence-electron chi connectivity index (χ4n) is 3.63. The van der Waals surface area contributed by atoms with Crippen molar-refractivity contribution in [3.05, 3.63) is 71.8 Å². The summed E-state index contributed by atoms with van der Waals surface area (Å²) in [6.45, 7) is 9.74. The van der Waals surface area contributed by atoms with Gasteiger partial charge in [0, 0.05) is 12.5 Å². The Kier molecular flexibility index (Phi) is 9.92. The highest BCUT2D eigenvalue weighted by atomic mass is 16.6. The molecule has 0 bridgehead atoms. The molecule has 33 heavy (non-hydrogen) atoms. The van der Waals surface area contributed by atoms with Gasteiger partial charge >= 0.3 is 6.09 Å². The van der Waals surface area contributed by atoms with Crippen LogP contribution in [-0.2, 0) is 22.5 Å². The second-order valence-corrected chi connectivity index (χ2v) is 9.80. The number of rotatable bonds is 10. The molecule has 2 amide bonds. The van der Waals surface area contributed by atoms with E-state index in [2.05, 4.69) is 10.6 Å². The van der Waals surface area contributed by atoms with Crippen LogP contribution in [-0.4, -0.2) is 34.9 Å². The summed E-state index contributed by atoms with van der Waals surface area (Å²) < 4.78 is 5.40. The number of nitrogens with one attached hydrogen (secondary N) is 2. The predicted molar refractivity (Wildman–Crippen MR) is 131 cm³/mol. The summed E-state index contributed by atoms with van der Waals surface area (Å²) in [5.41, 5.74) is 1.35. The highest BCUT2D eigenvalue weighted by molar-refractivity contribution is 5.79. The Morgan fingerprint density at radius 3 is 2.00 bits per heavy atom. The Labute approximate surface area is 197 Å². The molecule has 0 heterocycles. The molecule has 2 aromatic rings. The number of aliphatic hydroxyl groups excluding tert-OH is 1. The van der Waals surface area contributed by atoms with Crippen LogP contribution in [0.1, 0.15) is 52.2 Å². The molecule has 6 nitrogen and oxygen atoms in total. The number of hydrogen-bond donors (Lipinski definition) is 3. The highest BCUT2D eigenvalue weighted by Gasteiger charge is 2.31. The summed E-state index contributed by atoms with van der Waals surface area (Å²) in [4.78, 5) is 25.4. The van der Waals surface area contributed by atoms with E-state index in [1.54, 1.807) is 20.8 Å². The third-order valence-corrected chi connectivity index (χ3v) is 5.41. The molecule has 0 saturated carbocycles. The maximum absolute atomic E-state index is 13.0. The van der Waals surface area contributed by atoms with Gasteiger partial charge in [-0.05, 0) is 50.7 Å². The third-order valence-electron chi connectivity index (χ3n) is 5.41. The Morgan fingerprint density at radius 1 is 0.939 bits per heavy atom. The lowest BCUT2D eigenvalue weighted by Crippen LogP contribution is -2.48. The summed E-state index contributed by atoms with van der Waals surface area (Å²) in [6.07, 6.45) is -0.853. The fourth-order valence-corrected chi connectivity index (χ4v) is 3.63. The molecule has 0 aliphatic heterocycles. The van der Waals surface area contributed by atoms with E-state index in [1.807, 2.05) is 74.5 Å². The molecule has 0 radical (unpaired) electrons. The van der Waals surface area contributed by atoms with Gasteiger partial charge in [0.2, 0.25) is 5.91 Å². The van der Waals surface area contributed by atoms with Crippen LogP contribution in [0, 0.1) is 11.8 Å². The van der Waals surface area contributed by atoms with E-state index in [0.29, 0.717) is 13.0 Å². The minimum Gasteiger partial charge on any atom is -0.444 e. The van der Waals surface area contributed by atoms with E-state index < -0.39 is 29.8 Å². The van der Waals surface area contributed by atoms with Gasteiger partial charge in [0.25, 0.3) is 0 Å². The van der Waals surface area contributed by atoms with Gasteiger partial charge in [-0.2, -0.15) is 0 Å². The summed E-state index contributed by atoms with van der Waals surface area (Å²) in [6, 6.07) is 18.8. The van der Waals surface area contributed by atoms with Crippen LogP contribution in [0.25, 0.3) is 0 Å². The smallest absolute Gasteiger partial charge is 0.407 e. The van der Waals surface area contributed by atoms with Crippen molar-refractivity contribution in [2.75, 3.05) is 0 Å². The Morgan fingerprint density at radius 2 is 1.48 bits per heavy atom. The van der Waals surface area contributed by atoms with Crippen molar-refractivity contribution in [2.45, 2.75) is 71.8 Å². The average Bonchev–Trinajstić information content (AvgIpc) is 2.75. The molecular weight excluding hydrogens is 416 g/mol. The molecule has 3 N–H and O–H groups in total. The van der Waals surface area contributed by atoms with Crippen LogP contribution in [0.4, 0.5) is 4.79 Å². The molecule has 0 unspecified atom stereocenters. The largest absolute Gasteiger partial charge is 0.444 e. The number of aliphatic hydroxyl groups is 1. The lowest BCUT2D eigenvalue weighted by molar-refractivity contribution is -0.127. The third kappa shape index (κ3) is 9.66. The lowest BCUT2D eigenvalue weighted by atomic mass is 9.86.